The van der Waals surface area contributed by atoms with Gasteiger partial charge in [-0.2, -0.15) is 5.26 Å². The van der Waals surface area contributed by atoms with E-state index in [0.717, 1.165) is 16.4 Å². The van der Waals surface area contributed by atoms with Crippen LogP contribution in [0.3, 0.4) is 0 Å². The Hall–Kier alpha value is -1.80. The average Bonchev–Trinajstić information content (AvgIpc) is 2.80. The molecule has 0 radical (unpaired) electrons. The van der Waals surface area contributed by atoms with Gasteiger partial charge in [0.2, 0.25) is 0 Å². The third kappa shape index (κ3) is 2.54. The van der Waals surface area contributed by atoms with Crippen molar-refractivity contribution in [1.29, 1.82) is 5.26 Å². The molecule has 92 valence electrons. The minimum absolute atomic E-state index is 0.141. The van der Waals surface area contributed by atoms with Gasteiger partial charge in [-0.1, -0.05) is 23.9 Å². The Morgan fingerprint density at radius 1 is 1.39 bits per heavy atom. The minimum atomic E-state index is -0.141. The van der Waals surface area contributed by atoms with Crippen LogP contribution < -0.4 is 0 Å². The van der Waals surface area contributed by atoms with Gasteiger partial charge in [0.15, 0.2) is 5.16 Å². The number of aromatic nitrogens is 3. The largest absolute Gasteiger partial charge is 0.276 e. The molecule has 2 aromatic rings. The van der Waals surface area contributed by atoms with Gasteiger partial charge in [-0.05, 0) is 38.0 Å². The standard InChI is InChI=1S/C13H14N4S/c1-9-4-5-10(2)12(6-9)17-8-15-16-13(17)18-11(3)7-14/h4-6,8,11H,1-3H3/t11-/m1/s1. The molecule has 0 saturated heterocycles. The molecular formula is C13H14N4S. The van der Waals surface area contributed by atoms with Gasteiger partial charge in [0, 0.05) is 0 Å². The summed E-state index contributed by atoms with van der Waals surface area (Å²) < 4.78 is 1.93. The molecule has 0 aliphatic rings. The molecule has 0 saturated carbocycles. The summed E-state index contributed by atoms with van der Waals surface area (Å²) in [5, 5.41) is 17.5. The molecule has 0 unspecified atom stereocenters. The Balaban J connectivity index is 2.43. The molecule has 1 heterocycles. The molecule has 4 nitrogen and oxygen atoms in total. The molecule has 0 spiro atoms. The van der Waals surface area contributed by atoms with E-state index in [2.05, 4.69) is 48.3 Å². The summed E-state index contributed by atoms with van der Waals surface area (Å²) in [5.41, 5.74) is 3.41. The van der Waals surface area contributed by atoms with Crippen molar-refractivity contribution in [1.82, 2.24) is 14.8 Å². The summed E-state index contributed by atoms with van der Waals surface area (Å²) in [6, 6.07) is 8.44. The Morgan fingerprint density at radius 2 is 2.17 bits per heavy atom. The van der Waals surface area contributed by atoms with Crippen LogP contribution in [0.25, 0.3) is 5.69 Å². The zero-order valence-electron chi connectivity index (χ0n) is 10.6. The normalized spacial score (nSPS) is 12.1. The quantitative estimate of drug-likeness (QED) is 0.794. The van der Waals surface area contributed by atoms with Crippen LogP contribution in [0.4, 0.5) is 0 Å². The molecule has 18 heavy (non-hydrogen) atoms. The molecule has 0 fully saturated rings. The first-order chi connectivity index (χ1) is 8.61. The van der Waals surface area contributed by atoms with Crippen molar-refractivity contribution in [3.63, 3.8) is 0 Å². The number of hydrogen-bond acceptors (Lipinski definition) is 4. The van der Waals surface area contributed by atoms with Crippen molar-refractivity contribution >= 4 is 11.8 Å². The van der Waals surface area contributed by atoms with E-state index in [9.17, 15) is 0 Å². The Labute approximate surface area is 111 Å². The summed E-state index contributed by atoms with van der Waals surface area (Å²) in [6.45, 7) is 5.96. The van der Waals surface area contributed by atoms with E-state index < -0.39 is 0 Å². The van der Waals surface area contributed by atoms with Gasteiger partial charge in [0.1, 0.15) is 6.33 Å². The maximum absolute atomic E-state index is 8.87. The summed E-state index contributed by atoms with van der Waals surface area (Å²) in [5.74, 6) is 0. The highest BCUT2D eigenvalue weighted by Gasteiger charge is 2.12. The smallest absolute Gasteiger partial charge is 0.196 e. The van der Waals surface area contributed by atoms with Crippen LogP contribution in [-0.2, 0) is 0 Å². The second-order valence-corrected chi connectivity index (χ2v) is 5.47. The number of aryl methyl sites for hydroxylation is 2. The average molecular weight is 258 g/mol. The van der Waals surface area contributed by atoms with Gasteiger partial charge in [0.05, 0.1) is 17.0 Å². The molecule has 5 heteroatoms. The molecule has 0 N–H and O–H groups in total. The molecule has 0 aliphatic carbocycles. The summed E-state index contributed by atoms with van der Waals surface area (Å²) in [7, 11) is 0. The molecule has 0 amide bonds. The van der Waals surface area contributed by atoms with Crippen LogP contribution in [0, 0.1) is 25.2 Å². The maximum Gasteiger partial charge on any atom is 0.196 e. The van der Waals surface area contributed by atoms with Crippen molar-refractivity contribution in [3.8, 4) is 11.8 Å². The van der Waals surface area contributed by atoms with Gasteiger partial charge < -0.3 is 0 Å². The van der Waals surface area contributed by atoms with E-state index >= 15 is 0 Å². The SMILES string of the molecule is Cc1ccc(C)c(-n2cnnc2S[C@H](C)C#N)c1. The molecular weight excluding hydrogens is 244 g/mol. The number of nitriles is 1. The van der Waals surface area contributed by atoms with Gasteiger partial charge in [-0.25, -0.2) is 0 Å². The van der Waals surface area contributed by atoms with Gasteiger partial charge in [0.25, 0.3) is 0 Å². The fourth-order valence-electron chi connectivity index (χ4n) is 1.63. The monoisotopic (exact) mass is 258 g/mol. The zero-order chi connectivity index (χ0) is 13.1. The van der Waals surface area contributed by atoms with Crippen molar-refractivity contribution in [2.24, 2.45) is 0 Å². The van der Waals surface area contributed by atoms with Gasteiger partial charge >= 0.3 is 0 Å². The summed E-state index contributed by atoms with van der Waals surface area (Å²) in [4.78, 5) is 0. The highest BCUT2D eigenvalue weighted by Crippen LogP contribution is 2.25. The van der Waals surface area contributed by atoms with E-state index in [1.165, 1.54) is 17.3 Å². The lowest BCUT2D eigenvalue weighted by Gasteiger charge is -2.10. The fraction of sp³-hybridized carbons (Fsp3) is 0.308. The number of rotatable bonds is 3. The van der Waals surface area contributed by atoms with Crippen molar-refractivity contribution in [2.75, 3.05) is 0 Å². The number of nitrogens with zero attached hydrogens (tertiary/aromatic N) is 4. The number of hydrogen-bond donors (Lipinski definition) is 0. The second kappa shape index (κ2) is 5.23. The number of thioether (sulfide) groups is 1. The third-order valence-electron chi connectivity index (χ3n) is 2.60. The topological polar surface area (TPSA) is 54.5 Å². The van der Waals surface area contributed by atoms with Crippen LogP contribution in [-0.4, -0.2) is 20.0 Å². The first-order valence-corrected chi connectivity index (χ1v) is 6.53. The molecule has 2 rings (SSSR count). The molecule has 0 aliphatic heterocycles. The lowest BCUT2D eigenvalue weighted by Crippen LogP contribution is -2.01. The van der Waals surface area contributed by atoms with Crippen LogP contribution >= 0.6 is 11.8 Å². The predicted molar refractivity (Wildman–Crippen MR) is 71.8 cm³/mol. The van der Waals surface area contributed by atoms with E-state index in [0.29, 0.717) is 0 Å². The van der Waals surface area contributed by atoms with E-state index in [1.54, 1.807) is 6.33 Å². The first kappa shape index (κ1) is 12.7. The second-order valence-electron chi connectivity index (χ2n) is 4.16. The number of benzene rings is 1. The Kier molecular flexibility index (Phi) is 3.68. The fourth-order valence-corrected chi connectivity index (χ4v) is 2.36. The van der Waals surface area contributed by atoms with Crippen LogP contribution in [0.15, 0.2) is 29.7 Å². The molecule has 1 atom stereocenters. The maximum atomic E-state index is 8.87. The highest BCUT2D eigenvalue weighted by molar-refractivity contribution is 8.00. The van der Waals surface area contributed by atoms with Crippen LogP contribution in [0.5, 0.6) is 0 Å². The van der Waals surface area contributed by atoms with Crippen LogP contribution in [0.2, 0.25) is 0 Å². The summed E-state index contributed by atoms with van der Waals surface area (Å²) in [6.07, 6.45) is 1.69. The van der Waals surface area contributed by atoms with E-state index in [-0.39, 0.29) is 5.25 Å². The Bertz CT molecular complexity index is 597. The minimum Gasteiger partial charge on any atom is -0.276 e. The molecule has 0 bridgehead atoms. The van der Waals surface area contributed by atoms with Crippen molar-refractivity contribution < 1.29 is 0 Å². The van der Waals surface area contributed by atoms with E-state index in [1.807, 2.05) is 11.5 Å². The summed E-state index contributed by atoms with van der Waals surface area (Å²) >= 11 is 1.41. The van der Waals surface area contributed by atoms with E-state index in [4.69, 9.17) is 5.26 Å². The lowest BCUT2D eigenvalue weighted by molar-refractivity contribution is 0.874. The first-order valence-electron chi connectivity index (χ1n) is 5.65. The molecule has 1 aromatic carbocycles. The van der Waals surface area contributed by atoms with Crippen LogP contribution in [0.1, 0.15) is 18.1 Å². The zero-order valence-corrected chi connectivity index (χ0v) is 11.4. The van der Waals surface area contributed by atoms with Crippen molar-refractivity contribution in [2.45, 2.75) is 31.2 Å². The third-order valence-corrected chi connectivity index (χ3v) is 3.55. The Morgan fingerprint density at radius 3 is 2.89 bits per heavy atom. The lowest BCUT2D eigenvalue weighted by atomic mass is 10.1. The predicted octanol–water partition coefficient (Wildman–Crippen LogP) is 2.89. The van der Waals surface area contributed by atoms with Gasteiger partial charge in [-0.15, -0.1) is 10.2 Å². The highest BCUT2D eigenvalue weighted by atomic mass is 32.2. The van der Waals surface area contributed by atoms with Gasteiger partial charge in [-0.3, -0.25) is 4.57 Å². The van der Waals surface area contributed by atoms with Crippen molar-refractivity contribution in [3.05, 3.63) is 35.7 Å². The molecule has 1 aromatic heterocycles.